The number of benzene rings is 1. The van der Waals surface area contributed by atoms with Crippen LogP contribution in [0.4, 0.5) is 4.39 Å². The van der Waals surface area contributed by atoms with Gasteiger partial charge < -0.3 is 10.1 Å². The molecule has 2 nitrogen and oxygen atoms in total. The maximum Gasteiger partial charge on any atom is 0.169 e. The number of ether oxygens (including phenoxy) is 1. The van der Waals surface area contributed by atoms with Crippen molar-refractivity contribution in [3.05, 3.63) is 29.6 Å². The standard InChI is InChI=1S/C17H26FNO/c1-17(2)11-6-5-9-13(17)16(19-3)12-8-7-10-14(20-4)15(12)18/h7-8,10,13,16,19H,5-6,9,11H2,1-4H3. The predicted octanol–water partition coefficient (Wildman–Crippen LogP) is 4.31. The molecule has 0 spiro atoms. The molecule has 20 heavy (non-hydrogen) atoms. The van der Waals surface area contributed by atoms with Gasteiger partial charge >= 0.3 is 0 Å². The van der Waals surface area contributed by atoms with Gasteiger partial charge in [0.1, 0.15) is 0 Å². The average Bonchev–Trinajstić information content (AvgIpc) is 2.42. The zero-order chi connectivity index (χ0) is 14.8. The Hall–Kier alpha value is -1.09. The highest BCUT2D eigenvalue weighted by Crippen LogP contribution is 2.47. The molecule has 1 aromatic rings. The molecule has 0 bridgehead atoms. The van der Waals surface area contributed by atoms with Gasteiger partial charge in [-0.2, -0.15) is 0 Å². The Morgan fingerprint density at radius 3 is 2.70 bits per heavy atom. The third-order valence-corrected chi connectivity index (χ3v) is 4.85. The third-order valence-electron chi connectivity index (χ3n) is 4.85. The lowest BCUT2D eigenvalue weighted by Crippen LogP contribution is -2.38. The lowest BCUT2D eigenvalue weighted by Gasteiger charge is -2.43. The molecule has 0 aliphatic heterocycles. The van der Waals surface area contributed by atoms with Crippen molar-refractivity contribution >= 4 is 0 Å². The Labute approximate surface area is 121 Å². The second kappa shape index (κ2) is 6.13. The predicted molar refractivity (Wildman–Crippen MR) is 80.5 cm³/mol. The van der Waals surface area contributed by atoms with Crippen molar-refractivity contribution in [2.75, 3.05) is 14.2 Å². The van der Waals surface area contributed by atoms with Crippen LogP contribution in [0.5, 0.6) is 5.75 Å². The van der Waals surface area contributed by atoms with E-state index in [-0.39, 0.29) is 17.3 Å². The average molecular weight is 279 g/mol. The molecule has 2 atom stereocenters. The van der Waals surface area contributed by atoms with E-state index in [4.69, 9.17) is 4.74 Å². The molecule has 0 amide bonds. The highest BCUT2D eigenvalue weighted by molar-refractivity contribution is 5.33. The fourth-order valence-corrected chi connectivity index (χ4v) is 3.64. The summed E-state index contributed by atoms with van der Waals surface area (Å²) in [7, 11) is 3.44. The number of rotatable bonds is 4. The molecule has 1 saturated carbocycles. The molecule has 0 radical (unpaired) electrons. The summed E-state index contributed by atoms with van der Waals surface area (Å²) in [6.45, 7) is 4.61. The zero-order valence-electron chi connectivity index (χ0n) is 13.0. The van der Waals surface area contributed by atoms with Gasteiger partial charge in [-0.15, -0.1) is 0 Å². The summed E-state index contributed by atoms with van der Waals surface area (Å²) in [6.07, 6.45) is 4.87. The first-order chi connectivity index (χ1) is 9.51. The fourth-order valence-electron chi connectivity index (χ4n) is 3.64. The lowest BCUT2D eigenvalue weighted by molar-refractivity contribution is 0.0996. The Kier molecular flexibility index (Phi) is 4.69. The summed E-state index contributed by atoms with van der Waals surface area (Å²) in [6, 6.07) is 5.47. The number of halogens is 1. The van der Waals surface area contributed by atoms with Gasteiger partial charge in [0.15, 0.2) is 11.6 Å². The minimum Gasteiger partial charge on any atom is -0.494 e. The van der Waals surface area contributed by atoms with Crippen LogP contribution in [-0.4, -0.2) is 14.2 Å². The van der Waals surface area contributed by atoms with Crippen LogP contribution in [0.25, 0.3) is 0 Å². The molecular weight excluding hydrogens is 253 g/mol. The molecular formula is C17H26FNO. The maximum atomic E-state index is 14.6. The van der Waals surface area contributed by atoms with E-state index < -0.39 is 0 Å². The van der Waals surface area contributed by atoms with Gasteiger partial charge in [-0.05, 0) is 37.3 Å². The van der Waals surface area contributed by atoms with Crippen LogP contribution < -0.4 is 10.1 Å². The SMILES string of the molecule is CNC(c1cccc(OC)c1F)C1CCCCC1(C)C. The van der Waals surface area contributed by atoms with E-state index in [0.717, 1.165) is 12.0 Å². The molecule has 1 aliphatic carbocycles. The van der Waals surface area contributed by atoms with Crippen LogP contribution in [0, 0.1) is 17.2 Å². The second-order valence-corrected chi connectivity index (χ2v) is 6.47. The van der Waals surface area contributed by atoms with Gasteiger partial charge in [-0.3, -0.25) is 0 Å². The quantitative estimate of drug-likeness (QED) is 0.886. The Bertz CT molecular complexity index is 458. The van der Waals surface area contributed by atoms with Crippen LogP contribution in [0.3, 0.4) is 0 Å². The van der Waals surface area contributed by atoms with Crippen LogP contribution in [0.15, 0.2) is 18.2 Å². The summed E-state index contributed by atoms with van der Waals surface area (Å²) in [5, 5.41) is 3.34. The molecule has 1 fully saturated rings. The molecule has 1 aromatic carbocycles. The largest absolute Gasteiger partial charge is 0.494 e. The fraction of sp³-hybridized carbons (Fsp3) is 0.647. The van der Waals surface area contributed by atoms with Crippen LogP contribution in [0.1, 0.15) is 51.1 Å². The first-order valence-electron chi connectivity index (χ1n) is 7.51. The zero-order valence-corrected chi connectivity index (χ0v) is 13.0. The summed E-state index contributed by atoms with van der Waals surface area (Å²) in [5.41, 5.74) is 0.966. The van der Waals surface area contributed by atoms with Gasteiger partial charge in [0.2, 0.25) is 0 Å². The van der Waals surface area contributed by atoms with E-state index in [9.17, 15) is 4.39 Å². The van der Waals surface area contributed by atoms with Crippen molar-refractivity contribution in [1.82, 2.24) is 5.32 Å². The first-order valence-corrected chi connectivity index (χ1v) is 7.51. The van der Waals surface area contributed by atoms with E-state index in [1.807, 2.05) is 19.2 Å². The minimum atomic E-state index is -0.226. The molecule has 0 aromatic heterocycles. The maximum absolute atomic E-state index is 14.6. The van der Waals surface area contributed by atoms with E-state index in [0.29, 0.717) is 11.7 Å². The van der Waals surface area contributed by atoms with Crippen molar-refractivity contribution in [2.45, 2.75) is 45.6 Å². The number of hydrogen-bond donors (Lipinski definition) is 1. The lowest BCUT2D eigenvalue weighted by atomic mass is 9.65. The van der Waals surface area contributed by atoms with Gasteiger partial charge in [-0.25, -0.2) is 4.39 Å². The van der Waals surface area contributed by atoms with Crippen LogP contribution in [0.2, 0.25) is 0 Å². The Morgan fingerprint density at radius 2 is 2.10 bits per heavy atom. The van der Waals surface area contributed by atoms with Crippen molar-refractivity contribution in [3.63, 3.8) is 0 Å². The minimum absolute atomic E-state index is 0.0420. The number of methoxy groups -OCH3 is 1. The molecule has 1 aliphatic rings. The molecule has 2 unspecified atom stereocenters. The molecule has 1 N–H and O–H groups in total. The molecule has 0 saturated heterocycles. The summed E-state index contributed by atoms with van der Waals surface area (Å²) >= 11 is 0. The van der Waals surface area contributed by atoms with Crippen LogP contribution in [-0.2, 0) is 0 Å². The Morgan fingerprint density at radius 1 is 1.35 bits per heavy atom. The highest BCUT2D eigenvalue weighted by atomic mass is 19.1. The van der Waals surface area contributed by atoms with Crippen molar-refractivity contribution in [3.8, 4) is 5.75 Å². The van der Waals surface area contributed by atoms with Crippen molar-refractivity contribution in [1.29, 1.82) is 0 Å². The molecule has 2 rings (SSSR count). The van der Waals surface area contributed by atoms with Crippen molar-refractivity contribution in [2.24, 2.45) is 11.3 Å². The second-order valence-electron chi connectivity index (χ2n) is 6.47. The summed E-state index contributed by atoms with van der Waals surface area (Å²) < 4.78 is 19.7. The summed E-state index contributed by atoms with van der Waals surface area (Å²) in [5.74, 6) is 0.551. The van der Waals surface area contributed by atoms with Gasteiger partial charge in [0, 0.05) is 11.6 Å². The normalized spacial score (nSPS) is 23.4. The van der Waals surface area contributed by atoms with Crippen LogP contribution >= 0.6 is 0 Å². The van der Waals surface area contributed by atoms with E-state index >= 15 is 0 Å². The molecule has 112 valence electrons. The Balaban J connectivity index is 2.37. The number of hydrogen-bond acceptors (Lipinski definition) is 2. The molecule has 0 heterocycles. The molecule has 3 heteroatoms. The smallest absolute Gasteiger partial charge is 0.169 e. The topological polar surface area (TPSA) is 21.3 Å². The van der Waals surface area contributed by atoms with Gasteiger partial charge in [0.05, 0.1) is 7.11 Å². The number of nitrogens with one attached hydrogen (secondary N) is 1. The highest BCUT2D eigenvalue weighted by Gasteiger charge is 2.38. The van der Waals surface area contributed by atoms with Gasteiger partial charge in [-0.1, -0.05) is 38.8 Å². The third kappa shape index (κ3) is 2.83. The van der Waals surface area contributed by atoms with E-state index in [2.05, 4.69) is 19.2 Å². The van der Waals surface area contributed by atoms with E-state index in [1.165, 1.54) is 26.4 Å². The van der Waals surface area contributed by atoms with E-state index in [1.54, 1.807) is 6.07 Å². The van der Waals surface area contributed by atoms with Crippen molar-refractivity contribution < 1.29 is 9.13 Å². The first kappa shape index (κ1) is 15.3. The van der Waals surface area contributed by atoms with Gasteiger partial charge in [0.25, 0.3) is 0 Å². The monoisotopic (exact) mass is 279 g/mol. The summed E-state index contributed by atoms with van der Waals surface area (Å²) in [4.78, 5) is 0.